The van der Waals surface area contributed by atoms with Gasteiger partial charge in [0.05, 0.1) is 22.6 Å². The van der Waals surface area contributed by atoms with Crippen molar-refractivity contribution < 1.29 is 22.7 Å². The van der Waals surface area contributed by atoms with E-state index in [2.05, 4.69) is 9.46 Å². The lowest BCUT2D eigenvalue weighted by atomic mass is 10.2. The molecule has 9 heteroatoms. The Balaban J connectivity index is 1.88. The molecule has 2 aromatic carbocycles. The van der Waals surface area contributed by atoms with Crippen molar-refractivity contribution in [2.75, 3.05) is 23.3 Å². The highest BCUT2D eigenvalue weighted by Crippen LogP contribution is 2.29. The van der Waals surface area contributed by atoms with Crippen LogP contribution in [0.1, 0.15) is 28.8 Å². The van der Waals surface area contributed by atoms with E-state index in [0.717, 1.165) is 6.42 Å². The maximum atomic E-state index is 12.7. The molecule has 0 atom stereocenters. The van der Waals surface area contributed by atoms with Gasteiger partial charge in [-0.1, -0.05) is 11.6 Å². The number of hydrogen-bond acceptors (Lipinski definition) is 5. The number of nitrogens with zero attached hydrogens (tertiary/aromatic N) is 1. The Labute approximate surface area is 168 Å². The number of anilines is 2. The van der Waals surface area contributed by atoms with Crippen molar-refractivity contribution in [3.05, 3.63) is 52.5 Å². The molecule has 0 bridgehead atoms. The second kappa shape index (κ2) is 7.81. The van der Waals surface area contributed by atoms with Gasteiger partial charge >= 0.3 is 5.97 Å². The molecule has 0 aromatic heterocycles. The molecule has 1 fully saturated rings. The number of methoxy groups -OCH3 is 1. The third-order valence-corrected chi connectivity index (χ3v) is 6.18. The number of halogens is 1. The molecule has 148 valence electrons. The van der Waals surface area contributed by atoms with Gasteiger partial charge in [0, 0.05) is 24.3 Å². The molecule has 1 N–H and O–H groups in total. The maximum Gasteiger partial charge on any atom is 0.339 e. The van der Waals surface area contributed by atoms with E-state index in [0.29, 0.717) is 24.2 Å². The van der Waals surface area contributed by atoms with Crippen molar-refractivity contribution in [1.29, 1.82) is 0 Å². The average Bonchev–Trinajstić information content (AvgIpc) is 3.08. The standard InChI is InChI=1S/C19H19ClN2O5S/c1-12-10-14(6-8-17(12)22-9-3-4-18(22)23)28(25,26)21-13-5-7-16(20)15(11-13)19(24)27-2/h5-8,10-11,21H,3-4,9H2,1-2H3. The van der Waals surface area contributed by atoms with Crippen LogP contribution in [0.25, 0.3) is 0 Å². The Morgan fingerprint density at radius 1 is 1.21 bits per heavy atom. The lowest BCUT2D eigenvalue weighted by molar-refractivity contribution is -0.117. The SMILES string of the molecule is COC(=O)c1cc(NS(=O)(=O)c2ccc(N3CCCC3=O)c(C)c2)ccc1Cl. The molecule has 28 heavy (non-hydrogen) atoms. The molecule has 7 nitrogen and oxygen atoms in total. The fraction of sp³-hybridized carbons (Fsp3) is 0.263. The highest BCUT2D eigenvalue weighted by molar-refractivity contribution is 7.92. The van der Waals surface area contributed by atoms with Crippen LogP contribution < -0.4 is 9.62 Å². The Morgan fingerprint density at radius 2 is 1.96 bits per heavy atom. The third kappa shape index (κ3) is 3.98. The lowest BCUT2D eigenvalue weighted by Crippen LogP contribution is -2.24. The monoisotopic (exact) mass is 422 g/mol. The molecule has 0 unspecified atom stereocenters. The number of esters is 1. The van der Waals surface area contributed by atoms with E-state index in [1.54, 1.807) is 17.9 Å². The van der Waals surface area contributed by atoms with Crippen molar-refractivity contribution in [3.63, 3.8) is 0 Å². The topological polar surface area (TPSA) is 92.8 Å². The van der Waals surface area contributed by atoms with Crippen LogP contribution in [0.5, 0.6) is 0 Å². The van der Waals surface area contributed by atoms with Gasteiger partial charge in [-0.15, -0.1) is 0 Å². The fourth-order valence-corrected chi connectivity index (χ4v) is 4.40. The molecule has 2 aromatic rings. The van der Waals surface area contributed by atoms with Crippen LogP contribution in [0.15, 0.2) is 41.3 Å². The normalized spacial score (nSPS) is 14.2. The van der Waals surface area contributed by atoms with Crippen molar-refractivity contribution in [2.45, 2.75) is 24.7 Å². The van der Waals surface area contributed by atoms with E-state index in [9.17, 15) is 18.0 Å². The number of amides is 1. The number of sulfonamides is 1. The zero-order chi connectivity index (χ0) is 20.5. The van der Waals surface area contributed by atoms with Gasteiger partial charge in [-0.05, 0) is 55.3 Å². The van der Waals surface area contributed by atoms with Crippen molar-refractivity contribution in [1.82, 2.24) is 0 Å². The zero-order valence-corrected chi connectivity index (χ0v) is 16.9. The first-order valence-corrected chi connectivity index (χ1v) is 10.4. The number of nitrogens with one attached hydrogen (secondary N) is 1. The summed E-state index contributed by atoms with van der Waals surface area (Å²) in [5, 5.41) is 0.158. The molecule has 1 aliphatic heterocycles. The van der Waals surface area contributed by atoms with E-state index < -0.39 is 16.0 Å². The largest absolute Gasteiger partial charge is 0.465 e. The number of ether oxygens (including phenoxy) is 1. The molecule has 1 heterocycles. The quantitative estimate of drug-likeness (QED) is 0.746. The summed E-state index contributed by atoms with van der Waals surface area (Å²) in [5.41, 5.74) is 1.63. The molecule has 0 radical (unpaired) electrons. The minimum Gasteiger partial charge on any atom is -0.465 e. The minimum atomic E-state index is -3.90. The zero-order valence-electron chi connectivity index (χ0n) is 15.4. The third-order valence-electron chi connectivity index (χ3n) is 4.47. The van der Waals surface area contributed by atoms with Crippen LogP contribution in [0.3, 0.4) is 0 Å². The van der Waals surface area contributed by atoms with Gasteiger partial charge in [0.1, 0.15) is 0 Å². The van der Waals surface area contributed by atoms with Crippen molar-refractivity contribution in [3.8, 4) is 0 Å². The maximum absolute atomic E-state index is 12.7. The Bertz CT molecular complexity index is 1050. The highest BCUT2D eigenvalue weighted by Gasteiger charge is 2.24. The Kier molecular flexibility index (Phi) is 5.62. The number of hydrogen-bond donors (Lipinski definition) is 1. The summed E-state index contributed by atoms with van der Waals surface area (Å²) in [5.74, 6) is -0.630. The van der Waals surface area contributed by atoms with Gasteiger partial charge in [-0.2, -0.15) is 0 Å². The van der Waals surface area contributed by atoms with Gasteiger partial charge in [-0.25, -0.2) is 13.2 Å². The van der Waals surface area contributed by atoms with E-state index in [4.69, 9.17) is 11.6 Å². The smallest absolute Gasteiger partial charge is 0.339 e. The van der Waals surface area contributed by atoms with E-state index in [-0.39, 0.29) is 27.1 Å². The van der Waals surface area contributed by atoms with Crippen LogP contribution in [0, 0.1) is 6.92 Å². The first-order chi connectivity index (χ1) is 13.2. The summed E-state index contributed by atoms with van der Waals surface area (Å²) in [6, 6.07) is 8.79. The van der Waals surface area contributed by atoms with Crippen LogP contribution in [0.2, 0.25) is 5.02 Å². The highest BCUT2D eigenvalue weighted by atomic mass is 35.5. The number of carbonyl (C=O) groups is 2. The fourth-order valence-electron chi connectivity index (χ4n) is 3.07. The number of aryl methyl sites for hydroxylation is 1. The van der Waals surface area contributed by atoms with Crippen molar-refractivity contribution in [2.24, 2.45) is 0 Å². The predicted molar refractivity (Wildman–Crippen MR) is 106 cm³/mol. The molecule has 1 amide bonds. The predicted octanol–water partition coefficient (Wildman–Crippen LogP) is 3.36. The molecule has 3 rings (SSSR count). The van der Waals surface area contributed by atoms with Gasteiger partial charge < -0.3 is 9.64 Å². The Morgan fingerprint density at radius 3 is 2.57 bits per heavy atom. The summed E-state index contributed by atoms with van der Waals surface area (Å²) in [6.07, 6.45) is 1.29. The second-order valence-corrected chi connectivity index (χ2v) is 8.48. The molecular formula is C19H19ClN2O5S. The first-order valence-electron chi connectivity index (χ1n) is 8.54. The molecule has 0 saturated carbocycles. The van der Waals surface area contributed by atoms with Crippen LogP contribution in [-0.2, 0) is 19.6 Å². The van der Waals surface area contributed by atoms with Crippen LogP contribution in [0.4, 0.5) is 11.4 Å². The van der Waals surface area contributed by atoms with Gasteiger partial charge in [0.2, 0.25) is 5.91 Å². The minimum absolute atomic E-state index is 0.0355. The molecular weight excluding hydrogens is 404 g/mol. The van der Waals surface area contributed by atoms with Crippen LogP contribution >= 0.6 is 11.6 Å². The summed E-state index contributed by atoms with van der Waals surface area (Å²) < 4.78 is 32.6. The molecule has 1 aliphatic rings. The molecule has 0 aliphatic carbocycles. The van der Waals surface area contributed by atoms with Gasteiger partial charge in [-0.3, -0.25) is 9.52 Å². The van der Waals surface area contributed by atoms with E-state index in [1.165, 1.54) is 37.4 Å². The summed E-state index contributed by atoms with van der Waals surface area (Å²) in [4.78, 5) is 25.4. The van der Waals surface area contributed by atoms with Gasteiger partial charge in [0.25, 0.3) is 10.0 Å². The number of carbonyl (C=O) groups excluding carboxylic acids is 2. The van der Waals surface area contributed by atoms with E-state index in [1.807, 2.05) is 0 Å². The van der Waals surface area contributed by atoms with Crippen molar-refractivity contribution >= 4 is 44.9 Å². The summed E-state index contributed by atoms with van der Waals surface area (Å²) >= 11 is 5.96. The average molecular weight is 423 g/mol. The van der Waals surface area contributed by atoms with Crippen LogP contribution in [-0.4, -0.2) is 33.9 Å². The number of benzene rings is 2. The molecule has 1 saturated heterocycles. The number of rotatable bonds is 5. The second-order valence-electron chi connectivity index (χ2n) is 6.39. The van der Waals surface area contributed by atoms with Gasteiger partial charge in [0.15, 0.2) is 0 Å². The lowest BCUT2D eigenvalue weighted by Gasteiger charge is -2.19. The van der Waals surface area contributed by atoms with E-state index >= 15 is 0 Å². The summed E-state index contributed by atoms with van der Waals surface area (Å²) in [6.45, 7) is 2.39. The summed E-state index contributed by atoms with van der Waals surface area (Å²) in [7, 11) is -2.69. The molecule has 0 spiro atoms. The first kappa shape index (κ1) is 20.2. The Hall–Kier alpha value is -2.58.